The molecule has 1 atom stereocenters. The fraction of sp³-hybridized carbons (Fsp3) is 0.231. The Kier molecular flexibility index (Phi) is 3.48. The molecule has 0 spiro atoms. The van der Waals surface area contributed by atoms with Gasteiger partial charge in [0, 0.05) is 12.1 Å². The van der Waals surface area contributed by atoms with Gasteiger partial charge in [-0.1, -0.05) is 6.07 Å². The third-order valence-electron chi connectivity index (χ3n) is 3.50. The number of hydrogen-bond donors (Lipinski definition) is 2. The lowest BCUT2D eigenvalue weighted by Gasteiger charge is -2.27. The lowest BCUT2D eigenvalue weighted by atomic mass is 10.0. The number of nitrogens with zero attached hydrogens (tertiary/aromatic N) is 1. The first-order valence-corrected chi connectivity index (χ1v) is 6.11. The van der Waals surface area contributed by atoms with Crippen LogP contribution in [-0.4, -0.2) is 40.0 Å². The molecule has 8 nitrogen and oxygen atoms in total. The summed E-state index contributed by atoms with van der Waals surface area (Å²) in [6.45, 7) is 0. The van der Waals surface area contributed by atoms with Crippen LogP contribution in [0.1, 0.15) is 33.6 Å². The quantitative estimate of drug-likeness (QED) is 0.496. The minimum atomic E-state index is -0.959. The highest BCUT2D eigenvalue weighted by molar-refractivity contribution is 6.25. The van der Waals surface area contributed by atoms with Crippen LogP contribution >= 0.6 is 0 Å². The summed E-state index contributed by atoms with van der Waals surface area (Å²) in [7, 11) is 0. The molecule has 1 fully saturated rings. The highest BCUT2D eigenvalue weighted by Gasteiger charge is 2.45. The third-order valence-corrected chi connectivity index (χ3v) is 3.50. The fourth-order valence-corrected chi connectivity index (χ4v) is 2.54. The van der Waals surface area contributed by atoms with E-state index >= 15 is 0 Å². The van der Waals surface area contributed by atoms with Crippen molar-refractivity contribution in [3.05, 3.63) is 29.3 Å². The van der Waals surface area contributed by atoms with Crippen molar-refractivity contribution in [3.63, 3.8) is 0 Å². The summed E-state index contributed by atoms with van der Waals surface area (Å²) in [6.07, 6.45) is 0.231. The summed E-state index contributed by atoms with van der Waals surface area (Å²) in [5.74, 6) is -2.17. The van der Waals surface area contributed by atoms with Gasteiger partial charge in [-0.25, -0.2) is 0 Å². The Balaban J connectivity index is 0.00000161. The second kappa shape index (κ2) is 4.98. The molecule has 2 aliphatic heterocycles. The molecule has 3 rings (SSSR count). The van der Waals surface area contributed by atoms with E-state index < -0.39 is 29.7 Å². The van der Waals surface area contributed by atoms with Crippen LogP contribution in [0.4, 0.5) is 5.69 Å². The molecule has 0 unspecified atom stereocenters. The number of benzene rings is 1. The van der Waals surface area contributed by atoms with E-state index in [9.17, 15) is 19.2 Å². The highest BCUT2D eigenvalue weighted by atomic mass is 16.2. The predicted molar refractivity (Wildman–Crippen MR) is 71.1 cm³/mol. The van der Waals surface area contributed by atoms with E-state index in [1.165, 1.54) is 12.1 Å². The number of anilines is 1. The Labute approximate surface area is 119 Å². The Bertz CT molecular complexity index is 670. The van der Waals surface area contributed by atoms with Crippen molar-refractivity contribution in [1.29, 1.82) is 0 Å². The first-order chi connectivity index (χ1) is 9.50. The fourth-order valence-electron chi connectivity index (χ4n) is 2.54. The molecule has 5 N–H and O–H groups in total. The second-order valence-electron chi connectivity index (χ2n) is 4.72. The number of amides is 4. The van der Waals surface area contributed by atoms with Crippen molar-refractivity contribution >= 4 is 29.3 Å². The Hall–Kier alpha value is -2.74. The number of nitrogens with two attached hydrogens (primary N) is 1. The Morgan fingerprint density at radius 3 is 2.48 bits per heavy atom. The zero-order chi connectivity index (χ0) is 14.4. The number of rotatable bonds is 1. The van der Waals surface area contributed by atoms with Crippen molar-refractivity contribution < 1.29 is 24.7 Å². The second-order valence-corrected chi connectivity index (χ2v) is 4.72. The summed E-state index contributed by atoms with van der Waals surface area (Å²) in [5, 5.41) is 2.13. The number of carbonyl (C=O) groups is 4. The van der Waals surface area contributed by atoms with Gasteiger partial charge in [0.15, 0.2) is 0 Å². The van der Waals surface area contributed by atoms with Crippen LogP contribution in [0.25, 0.3) is 0 Å². The van der Waals surface area contributed by atoms with Crippen LogP contribution in [0.2, 0.25) is 0 Å². The molecule has 4 amide bonds. The van der Waals surface area contributed by atoms with E-state index in [0.29, 0.717) is 0 Å². The largest absolute Gasteiger partial charge is 0.412 e. The van der Waals surface area contributed by atoms with E-state index in [1.54, 1.807) is 6.07 Å². The number of nitrogen functional groups attached to an aromatic ring is 1. The van der Waals surface area contributed by atoms with Crippen molar-refractivity contribution in [3.8, 4) is 0 Å². The smallest absolute Gasteiger partial charge is 0.264 e. The third kappa shape index (κ3) is 2.05. The topological polar surface area (TPSA) is 141 Å². The first-order valence-electron chi connectivity index (χ1n) is 6.11. The summed E-state index contributed by atoms with van der Waals surface area (Å²) in [6, 6.07) is 3.64. The maximum atomic E-state index is 12.3. The molecule has 110 valence electrons. The minimum absolute atomic E-state index is 0. The lowest BCUT2D eigenvalue weighted by Crippen LogP contribution is -2.54. The van der Waals surface area contributed by atoms with Crippen LogP contribution < -0.4 is 11.1 Å². The van der Waals surface area contributed by atoms with Gasteiger partial charge in [-0.3, -0.25) is 29.4 Å². The minimum Gasteiger partial charge on any atom is -0.412 e. The molecule has 0 radical (unpaired) electrons. The van der Waals surface area contributed by atoms with Crippen LogP contribution in [0.15, 0.2) is 18.2 Å². The summed E-state index contributed by atoms with van der Waals surface area (Å²) >= 11 is 0. The molecule has 2 aliphatic rings. The molecule has 1 aromatic rings. The van der Waals surface area contributed by atoms with Crippen molar-refractivity contribution in [2.75, 3.05) is 5.73 Å². The predicted octanol–water partition coefficient (Wildman–Crippen LogP) is -1.15. The Morgan fingerprint density at radius 2 is 1.86 bits per heavy atom. The number of nitrogens with one attached hydrogen (secondary N) is 1. The monoisotopic (exact) mass is 291 g/mol. The van der Waals surface area contributed by atoms with Gasteiger partial charge >= 0.3 is 0 Å². The molecule has 21 heavy (non-hydrogen) atoms. The van der Waals surface area contributed by atoms with Crippen molar-refractivity contribution in [1.82, 2.24) is 10.2 Å². The molecule has 2 heterocycles. The van der Waals surface area contributed by atoms with Gasteiger partial charge in [0.05, 0.1) is 11.1 Å². The average Bonchev–Trinajstić information content (AvgIpc) is 2.64. The number of imide groups is 2. The van der Waals surface area contributed by atoms with E-state index in [0.717, 1.165) is 4.90 Å². The average molecular weight is 291 g/mol. The maximum absolute atomic E-state index is 12.3. The van der Waals surface area contributed by atoms with E-state index in [4.69, 9.17) is 5.73 Å². The van der Waals surface area contributed by atoms with Crippen LogP contribution in [0, 0.1) is 0 Å². The van der Waals surface area contributed by atoms with Gasteiger partial charge < -0.3 is 11.2 Å². The van der Waals surface area contributed by atoms with Crippen molar-refractivity contribution in [2.24, 2.45) is 0 Å². The van der Waals surface area contributed by atoms with Crippen LogP contribution in [0.5, 0.6) is 0 Å². The zero-order valence-corrected chi connectivity index (χ0v) is 10.9. The van der Waals surface area contributed by atoms with E-state index in [2.05, 4.69) is 5.32 Å². The maximum Gasteiger partial charge on any atom is 0.264 e. The highest BCUT2D eigenvalue weighted by Crippen LogP contribution is 2.30. The SMILES string of the molecule is Nc1cccc2c1C(=O)N([C@@H]1CCC(=O)NC1=O)C2=O.O. The normalized spacial score (nSPS) is 21.0. The Morgan fingerprint density at radius 1 is 1.14 bits per heavy atom. The van der Waals surface area contributed by atoms with E-state index in [1.807, 2.05) is 0 Å². The number of fused-ring (bicyclic) bond motifs is 1. The lowest BCUT2D eigenvalue weighted by molar-refractivity contribution is -0.136. The molecule has 0 aromatic heterocycles. The standard InChI is InChI=1S/C13H11N3O4.H2O/c14-7-3-1-2-6-10(7)13(20)16(12(6)19)8-4-5-9(17)15-11(8)18;/h1-3,8H,4-5,14H2,(H,15,17,18);1H2/t8-;/m1./s1. The first kappa shape index (κ1) is 14.7. The molecule has 1 saturated heterocycles. The van der Waals surface area contributed by atoms with Gasteiger partial charge in [-0.05, 0) is 18.6 Å². The molecular formula is C13H13N3O5. The number of piperidine rings is 1. The number of hydrogen-bond acceptors (Lipinski definition) is 5. The van der Waals surface area contributed by atoms with E-state index in [-0.39, 0.29) is 35.1 Å². The van der Waals surface area contributed by atoms with Gasteiger partial charge in [0.1, 0.15) is 6.04 Å². The summed E-state index contributed by atoms with van der Waals surface area (Å²) < 4.78 is 0. The van der Waals surface area contributed by atoms with Crippen LogP contribution in [0.3, 0.4) is 0 Å². The van der Waals surface area contributed by atoms with Crippen LogP contribution in [-0.2, 0) is 9.59 Å². The van der Waals surface area contributed by atoms with Gasteiger partial charge in [-0.2, -0.15) is 0 Å². The summed E-state index contributed by atoms with van der Waals surface area (Å²) in [5.41, 5.74) is 6.24. The van der Waals surface area contributed by atoms with Gasteiger partial charge in [-0.15, -0.1) is 0 Å². The molecule has 0 aliphatic carbocycles. The number of carbonyl (C=O) groups excluding carboxylic acids is 4. The molecule has 1 aromatic carbocycles. The molecule has 8 heteroatoms. The van der Waals surface area contributed by atoms with Gasteiger partial charge in [0.25, 0.3) is 11.8 Å². The summed E-state index contributed by atoms with van der Waals surface area (Å²) in [4.78, 5) is 48.4. The zero-order valence-electron chi connectivity index (χ0n) is 10.9. The molecule has 0 saturated carbocycles. The molecule has 0 bridgehead atoms. The molecular weight excluding hydrogens is 278 g/mol. The van der Waals surface area contributed by atoms with Crippen molar-refractivity contribution in [2.45, 2.75) is 18.9 Å². The van der Waals surface area contributed by atoms with Gasteiger partial charge in [0.2, 0.25) is 11.8 Å².